The second-order valence-electron chi connectivity index (χ2n) is 14.3. The number of carboxylic acid groups (broad SMARTS) is 3. The first kappa shape index (κ1) is 47.7. The minimum Gasteiger partial charge on any atom is -0.478 e. The van der Waals surface area contributed by atoms with Gasteiger partial charge in [-0.05, 0) is 128 Å². The Bertz CT molecular complexity index is 991. The van der Waals surface area contributed by atoms with Gasteiger partial charge in [0, 0.05) is 23.3 Å². The normalized spacial score (nSPS) is 24.9. The van der Waals surface area contributed by atoms with Gasteiger partial charge >= 0.3 is 17.9 Å². The van der Waals surface area contributed by atoms with Crippen LogP contribution in [-0.4, -0.2) is 81.1 Å². The topological polar surface area (TPSA) is 182 Å². The van der Waals surface area contributed by atoms with Crippen molar-refractivity contribution in [3.8, 4) is 0 Å². The minimum atomic E-state index is -0.935. The Kier molecular flexibility index (Phi) is 23.9. The van der Waals surface area contributed by atoms with Crippen molar-refractivity contribution in [2.75, 3.05) is 26.4 Å². The zero-order chi connectivity index (χ0) is 39.1. The molecule has 7 unspecified atom stereocenters. The van der Waals surface area contributed by atoms with Crippen LogP contribution in [-0.2, 0) is 19.1 Å². The van der Waals surface area contributed by atoms with Crippen molar-refractivity contribution in [3.05, 3.63) is 72.9 Å². The molecular formula is C41H66O10. The molecule has 3 fully saturated rings. The third-order valence-electron chi connectivity index (χ3n) is 9.83. The van der Waals surface area contributed by atoms with Crippen molar-refractivity contribution >= 4 is 17.9 Å². The maximum Gasteiger partial charge on any atom is 0.330 e. The molecule has 10 heteroatoms. The monoisotopic (exact) mass is 718 g/mol. The number of ether oxygens (including phenoxy) is 1. The van der Waals surface area contributed by atoms with Crippen molar-refractivity contribution in [1.29, 1.82) is 0 Å². The van der Waals surface area contributed by atoms with Gasteiger partial charge in [0.1, 0.15) is 0 Å². The summed E-state index contributed by atoms with van der Waals surface area (Å²) in [5.74, 6) is 3.14. The van der Waals surface area contributed by atoms with E-state index in [0.29, 0.717) is 6.61 Å². The Hall–Kier alpha value is -3.31. The average molecular weight is 719 g/mol. The first-order valence-corrected chi connectivity index (χ1v) is 18.1. The van der Waals surface area contributed by atoms with Crippen LogP contribution in [0, 0.1) is 40.9 Å². The van der Waals surface area contributed by atoms with Crippen LogP contribution in [0.2, 0.25) is 0 Å². The number of hydrogen-bond donors (Lipinski definition) is 6. The Balaban J connectivity index is 0.000000580. The van der Waals surface area contributed by atoms with Crippen LogP contribution in [0.3, 0.4) is 0 Å². The highest BCUT2D eigenvalue weighted by Crippen LogP contribution is 2.39. The summed E-state index contributed by atoms with van der Waals surface area (Å²) in [7, 11) is 0. The van der Waals surface area contributed by atoms with Gasteiger partial charge in [0.15, 0.2) is 0 Å². The van der Waals surface area contributed by atoms with E-state index in [1.165, 1.54) is 78.6 Å². The number of aliphatic carboxylic acids is 3. The van der Waals surface area contributed by atoms with Crippen LogP contribution in [0.1, 0.15) is 92.4 Å². The number of allylic oxidation sites excluding steroid dienone is 6. The third-order valence-corrected chi connectivity index (χ3v) is 9.83. The van der Waals surface area contributed by atoms with E-state index >= 15 is 0 Å². The molecule has 6 rings (SSSR count). The Morgan fingerprint density at radius 3 is 0.863 bits per heavy atom. The molecule has 10 nitrogen and oxygen atoms in total. The molecule has 0 aromatic rings. The molecule has 0 aromatic carbocycles. The van der Waals surface area contributed by atoms with E-state index < -0.39 is 23.3 Å². The Labute approximate surface area is 306 Å². The Morgan fingerprint density at radius 2 is 0.784 bits per heavy atom. The van der Waals surface area contributed by atoms with Crippen molar-refractivity contribution in [3.63, 3.8) is 0 Å². The molecule has 0 heterocycles. The number of hydrogen-bond acceptors (Lipinski definition) is 7. The lowest BCUT2D eigenvalue weighted by Gasteiger charge is -2.33. The SMILES string of the molecule is C1=CC2CCC1C2.C1=CC2CCC1C2.C1=CC2CCC1C2.C=C(C)C(=O)O.C=C(C)C(=O)O.C=C(C)C(=O)O.CCOC(C)C(CO)(CO)CO. The fourth-order valence-corrected chi connectivity index (χ4v) is 6.11. The van der Waals surface area contributed by atoms with Crippen molar-refractivity contribution < 1.29 is 49.8 Å². The molecule has 6 aliphatic carbocycles. The van der Waals surface area contributed by atoms with E-state index in [9.17, 15) is 14.4 Å². The summed E-state index contributed by atoms with van der Waals surface area (Å²) in [6.07, 6.45) is 27.2. The van der Waals surface area contributed by atoms with Crippen LogP contribution in [0.4, 0.5) is 0 Å². The maximum absolute atomic E-state index is 9.60. The van der Waals surface area contributed by atoms with Gasteiger partial charge in [0.2, 0.25) is 0 Å². The second kappa shape index (κ2) is 25.6. The predicted octanol–water partition coefficient (Wildman–Crippen LogP) is 7.23. The molecule has 51 heavy (non-hydrogen) atoms. The molecule has 0 spiro atoms. The summed E-state index contributed by atoms with van der Waals surface area (Å²) in [6.45, 7) is 17.0. The zero-order valence-electron chi connectivity index (χ0n) is 31.6. The van der Waals surface area contributed by atoms with Gasteiger partial charge in [-0.1, -0.05) is 56.2 Å². The van der Waals surface area contributed by atoms with Gasteiger partial charge in [0.25, 0.3) is 0 Å². The highest BCUT2D eigenvalue weighted by molar-refractivity contribution is 5.85. The van der Waals surface area contributed by atoms with Crippen LogP contribution in [0.5, 0.6) is 0 Å². The van der Waals surface area contributed by atoms with Crippen LogP contribution >= 0.6 is 0 Å². The number of carbonyl (C=O) groups is 3. The highest BCUT2D eigenvalue weighted by atomic mass is 16.5. The summed E-state index contributed by atoms with van der Waals surface area (Å²) in [5.41, 5.74) is -0.393. The quantitative estimate of drug-likeness (QED) is 0.105. The van der Waals surface area contributed by atoms with Crippen molar-refractivity contribution in [2.24, 2.45) is 40.9 Å². The summed E-state index contributed by atoms with van der Waals surface area (Å²) in [5, 5.41) is 50.6. The van der Waals surface area contributed by atoms with Gasteiger partial charge in [0.05, 0.1) is 31.3 Å². The second-order valence-corrected chi connectivity index (χ2v) is 14.3. The lowest BCUT2D eigenvalue weighted by molar-refractivity contribution is -0.133. The summed E-state index contributed by atoms with van der Waals surface area (Å²) >= 11 is 0. The standard InChI is InChI=1S/C8H18O4.3C7H10.3C4H6O2/c1-3-12-7(2)8(4-9,5-10)6-11;3*1-2-7-4-3-6(1)5-7;3*1-3(2)4(5)6/h7,9-11H,3-6H2,1-2H3;3*1-2,6-7H,3-5H2;3*1H2,2H3,(H,5,6). The molecule has 0 radical (unpaired) electrons. The van der Waals surface area contributed by atoms with E-state index in [1.54, 1.807) is 6.92 Å². The first-order valence-electron chi connectivity index (χ1n) is 18.1. The molecule has 0 amide bonds. The smallest absolute Gasteiger partial charge is 0.330 e. The molecular weight excluding hydrogens is 652 g/mol. The molecule has 7 atom stereocenters. The van der Waals surface area contributed by atoms with Crippen LogP contribution in [0.15, 0.2) is 72.9 Å². The molecule has 6 aliphatic rings. The molecule has 290 valence electrons. The number of carboxylic acids is 3. The van der Waals surface area contributed by atoms with E-state index in [0.717, 1.165) is 35.5 Å². The van der Waals surface area contributed by atoms with E-state index in [1.807, 2.05) is 6.92 Å². The fraction of sp³-hybridized carbons (Fsp3) is 0.634. The molecule has 3 saturated carbocycles. The highest BCUT2D eigenvalue weighted by Gasteiger charge is 2.35. The van der Waals surface area contributed by atoms with E-state index in [4.69, 9.17) is 35.4 Å². The third kappa shape index (κ3) is 19.8. The lowest BCUT2D eigenvalue weighted by Crippen LogP contribution is -2.45. The number of aliphatic hydroxyl groups excluding tert-OH is 3. The molecule has 0 aromatic heterocycles. The van der Waals surface area contributed by atoms with Gasteiger partial charge < -0.3 is 35.4 Å². The maximum atomic E-state index is 9.60. The van der Waals surface area contributed by atoms with E-state index in [2.05, 4.69) is 56.2 Å². The van der Waals surface area contributed by atoms with Gasteiger partial charge in [-0.2, -0.15) is 0 Å². The Morgan fingerprint density at radius 1 is 0.588 bits per heavy atom. The summed E-state index contributed by atoms with van der Waals surface area (Å²) in [6, 6.07) is 0. The fourth-order valence-electron chi connectivity index (χ4n) is 6.11. The van der Waals surface area contributed by atoms with Crippen LogP contribution in [0.25, 0.3) is 0 Å². The van der Waals surface area contributed by atoms with Gasteiger partial charge in [-0.15, -0.1) is 0 Å². The van der Waals surface area contributed by atoms with Crippen LogP contribution < -0.4 is 0 Å². The average Bonchev–Trinajstić information content (AvgIpc) is 3.98. The molecule has 0 aliphatic heterocycles. The van der Waals surface area contributed by atoms with Gasteiger partial charge in [-0.25, -0.2) is 14.4 Å². The predicted molar refractivity (Wildman–Crippen MR) is 202 cm³/mol. The van der Waals surface area contributed by atoms with E-state index in [-0.39, 0.29) is 42.6 Å². The summed E-state index contributed by atoms with van der Waals surface area (Å²) in [4.78, 5) is 28.8. The summed E-state index contributed by atoms with van der Waals surface area (Å²) < 4.78 is 5.20. The molecule has 6 bridgehead atoms. The molecule has 0 saturated heterocycles. The zero-order valence-corrected chi connectivity index (χ0v) is 31.6. The van der Waals surface area contributed by atoms with Crippen molar-refractivity contribution in [2.45, 2.75) is 98.5 Å². The molecule has 6 N–H and O–H groups in total. The van der Waals surface area contributed by atoms with Gasteiger partial charge in [-0.3, -0.25) is 0 Å². The first-order chi connectivity index (χ1) is 23.9. The number of rotatable bonds is 9. The van der Waals surface area contributed by atoms with Crippen molar-refractivity contribution in [1.82, 2.24) is 0 Å². The minimum absolute atomic E-state index is 0.176. The largest absolute Gasteiger partial charge is 0.478 e. The number of fused-ring (bicyclic) bond motifs is 6. The lowest BCUT2D eigenvalue weighted by atomic mass is 9.85. The number of aliphatic hydroxyl groups is 3.